The van der Waals surface area contributed by atoms with Gasteiger partial charge in [0.15, 0.2) is 0 Å². The highest BCUT2D eigenvalue weighted by Crippen LogP contribution is 2.22. The van der Waals surface area contributed by atoms with E-state index in [0.29, 0.717) is 18.9 Å². The number of nitrogens with one attached hydrogen (secondary N) is 3. The lowest BCUT2D eigenvalue weighted by molar-refractivity contribution is -0.135. The molecule has 0 aliphatic carbocycles. The second-order valence-electron chi connectivity index (χ2n) is 7.29. The Labute approximate surface area is 150 Å². The molecule has 1 aliphatic rings. The Bertz CT molecular complexity index is 576. The Kier molecular flexibility index (Phi) is 6.96. The van der Waals surface area contributed by atoms with Crippen molar-refractivity contribution < 1.29 is 9.59 Å². The fourth-order valence-corrected chi connectivity index (χ4v) is 3.27. The molecule has 2 rings (SSSR count). The summed E-state index contributed by atoms with van der Waals surface area (Å²) in [5.41, 5.74) is 7.82. The summed E-state index contributed by atoms with van der Waals surface area (Å²) in [6.07, 6.45) is 1.56. The van der Waals surface area contributed by atoms with E-state index in [4.69, 9.17) is 0 Å². The second-order valence-corrected chi connectivity index (χ2v) is 7.29. The number of amides is 2. The van der Waals surface area contributed by atoms with E-state index in [2.05, 4.69) is 42.1 Å². The van der Waals surface area contributed by atoms with Gasteiger partial charge in [-0.15, -0.1) is 0 Å². The molecule has 2 amide bonds. The minimum Gasteiger partial charge on any atom is -0.345 e. The van der Waals surface area contributed by atoms with E-state index in [1.165, 1.54) is 12.5 Å². The third-order valence-electron chi connectivity index (χ3n) is 4.44. The summed E-state index contributed by atoms with van der Waals surface area (Å²) in [6.45, 7) is 6.15. The van der Waals surface area contributed by atoms with E-state index in [9.17, 15) is 9.59 Å². The maximum Gasteiger partial charge on any atom is 0.244 e. The van der Waals surface area contributed by atoms with Crippen molar-refractivity contribution >= 4 is 11.8 Å². The molecule has 1 heterocycles. The molecule has 0 spiro atoms. The quantitative estimate of drug-likeness (QED) is 0.701. The molecule has 2 unspecified atom stereocenters. The number of hydrogen-bond donors (Lipinski definition) is 3. The van der Waals surface area contributed by atoms with Gasteiger partial charge in [-0.3, -0.25) is 15.0 Å². The first-order valence-electron chi connectivity index (χ1n) is 8.95. The molecule has 6 nitrogen and oxygen atoms in total. The first-order chi connectivity index (χ1) is 11.9. The van der Waals surface area contributed by atoms with E-state index in [0.717, 1.165) is 6.42 Å². The Morgan fingerprint density at radius 3 is 2.52 bits per heavy atom. The molecule has 1 aromatic rings. The minimum absolute atomic E-state index is 0.0335. The van der Waals surface area contributed by atoms with Crippen LogP contribution in [-0.2, 0) is 9.59 Å². The van der Waals surface area contributed by atoms with E-state index < -0.39 is 6.04 Å². The molecule has 1 fully saturated rings. The van der Waals surface area contributed by atoms with Gasteiger partial charge in [0.2, 0.25) is 11.8 Å². The fraction of sp³-hybridized carbons (Fsp3) is 0.579. The molecule has 0 saturated carbocycles. The van der Waals surface area contributed by atoms with Gasteiger partial charge in [-0.25, -0.2) is 5.43 Å². The van der Waals surface area contributed by atoms with Crippen molar-refractivity contribution in [3.05, 3.63) is 35.9 Å². The molecule has 3 N–H and O–H groups in total. The minimum atomic E-state index is -0.457. The molecule has 0 bridgehead atoms. The van der Waals surface area contributed by atoms with Crippen LogP contribution in [0.25, 0.3) is 0 Å². The number of benzene rings is 1. The molecule has 0 radical (unpaired) electrons. The highest BCUT2D eigenvalue weighted by Gasteiger charge is 2.29. The van der Waals surface area contributed by atoms with Crippen LogP contribution in [0.1, 0.15) is 45.2 Å². The number of hydrazine groups is 1. The number of hydrogen-bond acceptors (Lipinski definition) is 4. The smallest absolute Gasteiger partial charge is 0.244 e. The molecule has 3 atom stereocenters. The van der Waals surface area contributed by atoms with E-state index in [-0.39, 0.29) is 23.9 Å². The molecule has 1 aromatic carbocycles. The van der Waals surface area contributed by atoms with Gasteiger partial charge in [-0.2, -0.15) is 0 Å². The second kappa shape index (κ2) is 8.97. The molecule has 138 valence electrons. The van der Waals surface area contributed by atoms with Gasteiger partial charge in [-0.05, 0) is 24.3 Å². The number of rotatable bonds is 7. The SMILES string of the molecule is CC(=O)N[C@@H](CC(C)C)C(=O)N(C)CC1CC(c2ccccc2)NN1. The lowest BCUT2D eigenvalue weighted by atomic mass is 10.0. The summed E-state index contributed by atoms with van der Waals surface area (Å²) in [6, 6.07) is 10.2. The van der Waals surface area contributed by atoms with Crippen LogP contribution in [0.15, 0.2) is 30.3 Å². The Balaban J connectivity index is 1.90. The molecule has 1 saturated heterocycles. The Hall–Kier alpha value is -1.92. The van der Waals surface area contributed by atoms with E-state index >= 15 is 0 Å². The lowest BCUT2D eigenvalue weighted by Gasteiger charge is -2.27. The summed E-state index contributed by atoms with van der Waals surface area (Å²) in [5.74, 6) is 0.133. The maximum atomic E-state index is 12.7. The topological polar surface area (TPSA) is 73.5 Å². The van der Waals surface area contributed by atoms with Crippen molar-refractivity contribution in [2.45, 2.75) is 51.7 Å². The highest BCUT2D eigenvalue weighted by atomic mass is 16.2. The predicted octanol–water partition coefficient (Wildman–Crippen LogP) is 1.60. The Morgan fingerprint density at radius 1 is 1.24 bits per heavy atom. The van der Waals surface area contributed by atoms with Crippen molar-refractivity contribution in [3.8, 4) is 0 Å². The molecular formula is C19H30N4O2. The Morgan fingerprint density at radius 2 is 1.92 bits per heavy atom. The molecule has 25 heavy (non-hydrogen) atoms. The first kappa shape index (κ1) is 19.4. The number of likely N-dealkylation sites (N-methyl/N-ethyl adjacent to an activating group) is 1. The summed E-state index contributed by atoms with van der Waals surface area (Å²) >= 11 is 0. The van der Waals surface area contributed by atoms with Gasteiger partial charge in [0.1, 0.15) is 6.04 Å². The van der Waals surface area contributed by atoms with Crippen LogP contribution in [0, 0.1) is 5.92 Å². The number of carbonyl (C=O) groups is 2. The van der Waals surface area contributed by atoms with Crippen LogP contribution in [0.4, 0.5) is 0 Å². The fourth-order valence-electron chi connectivity index (χ4n) is 3.27. The van der Waals surface area contributed by atoms with Crippen LogP contribution in [-0.4, -0.2) is 42.4 Å². The molecule has 0 aromatic heterocycles. The average Bonchev–Trinajstić information content (AvgIpc) is 3.02. The van der Waals surface area contributed by atoms with Gasteiger partial charge < -0.3 is 10.2 Å². The van der Waals surface area contributed by atoms with Gasteiger partial charge in [0.25, 0.3) is 0 Å². The zero-order chi connectivity index (χ0) is 18.4. The summed E-state index contributed by atoms with van der Waals surface area (Å²) < 4.78 is 0. The zero-order valence-electron chi connectivity index (χ0n) is 15.6. The normalized spacial score (nSPS) is 21.2. The molecular weight excluding hydrogens is 316 g/mol. The van der Waals surface area contributed by atoms with Crippen molar-refractivity contribution in [1.29, 1.82) is 0 Å². The molecule has 6 heteroatoms. The van der Waals surface area contributed by atoms with Crippen molar-refractivity contribution in [3.63, 3.8) is 0 Å². The van der Waals surface area contributed by atoms with Crippen LogP contribution in [0.5, 0.6) is 0 Å². The van der Waals surface area contributed by atoms with E-state index in [1.54, 1.807) is 11.9 Å². The highest BCUT2D eigenvalue weighted by molar-refractivity contribution is 5.86. The van der Waals surface area contributed by atoms with Gasteiger partial charge in [0, 0.05) is 32.6 Å². The van der Waals surface area contributed by atoms with Crippen molar-refractivity contribution in [2.24, 2.45) is 5.92 Å². The predicted molar refractivity (Wildman–Crippen MR) is 98.6 cm³/mol. The summed E-state index contributed by atoms with van der Waals surface area (Å²) in [4.78, 5) is 25.8. The maximum absolute atomic E-state index is 12.7. The zero-order valence-corrected chi connectivity index (χ0v) is 15.6. The van der Waals surface area contributed by atoms with Crippen LogP contribution in [0.2, 0.25) is 0 Å². The third kappa shape index (κ3) is 5.83. The number of nitrogens with zero attached hydrogens (tertiary/aromatic N) is 1. The van der Waals surface area contributed by atoms with Crippen molar-refractivity contribution in [2.75, 3.05) is 13.6 Å². The summed E-state index contributed by atoms with van der Waals surface area (Å²) in [7, 11) is 1.80. The third-order valence-corrected chi connectivity index (χ3v) is 4.44. The van der Waals surface area contributed by atoms with Crippen LogP contribution < -0.4 is 16.2 Å². The first-order valence-corrected chi connectivity index (χ1v) is 8.95. The van der Waals surface area contributed by atoms with Crippen molar-refractivity contribution in [1.82, 2.24) is 21.1 Å². The van der Waals surface area contributed by atoms with Crippen LogP contribution in [0.3, 0.4) is 0 Å². The van der Waals surface area contributed by atoms with E-state index in [1.807, 2.05) is 18.2 Å². The summed E-state index contributed by atoms with van der Waals surface area (Å²) in [5, 5.41) is 2.79. The van der Waals surface area contributed by atoms with Gasteiger partial charge in [-0.1, -0.05) is 44.2 Å². The van der Waals surface area contributed by atoms with Crippen LogP contribution >= 0.6 is 0 Å². The molecule has 1 aliphatic heterocycles. The van der Waals surface area contributed by atoms with Gasteiger partial charge in [0.05, 0.1) is 0 Å². The lowest BCUT2D eigenvalue weighted by Crippen LogP contribution is -2.50. The average molecular weight is 346 g/mol. The van der Waals surface area contributed by atoms with Gasteiger partial charge >= 0.3 is 0 Å². The largest absolute Gasteiger partial charge is 0.345 e. The standard InChI is InChI=1S/C19H30N4O2/c1-13(2)10-18(20-14(3)24)19(25)23(4)12-16-11-17(22-21-16)15-8-6-5-7-9-15/h5-9,13,16-18,21-22H,10-12H2,1-4H3,(H,20,24)/t16?,17?,18-/m0/s1. The monoisotopic (exact) mass is 346 g/mol. The number of carbonyl (C=O) groups excluding carboxylic acids is 2.